The number of piperidine rings is 1. The van der Waals surface area contributed by atoms with Gasteiger partial charge in [0, 0.05) is 31.1 Å². The molecule has 1 unspecified atom stereocenters. The molecule has 0 aromatic heterocycles. The Morgan fingerprint density at radius 2 is 1.84 bits per heavy atom. The van der Waals surface area contributed by atoms with Gasteiger partial charge in [-0.3, -0.25) is 4.79 Å². The third-order valence-corrected chi connectivity index (χ3v) is 4.06. The van der Waals surface area contributed by atoms with E-state index < -0.39 is 0 Å². The van der Waals surface area contributed by atoms with Crippen LogP contribution in [-0.4, -0.2) is 42.0 Å². The van der Waals surface area contributed by atoms with Gasteiger partial charge in [0.05, 0.1) is 0 Å². The first kappa shape index (κ1) is 14.2. The average Bonchev–Trinajstić information content (AvgIpc) is 3.22. The largest absolute Gasteiger partial charge is 0.353 e. The lowest BCUT2D eigenvalue weighted by Crippen LogP contribution is -2.48. The van der Waals surface area contributed by atoms with Gasteiger partial charge in [-0.2, -0.15) is 0 Å². The van der Waals surface area contributed by atoms with Gasteiger partial charge < -0.3 is 15.5 Å². The molecule has 5 nitrogen and oxygen atoms in total. The first-order valence-corrected chi connectivity index (χ1v) is 7.46. The second kappa shape index (κ2) is 6.26. The fourth-order valence-corrected chi connectivity index (χ4v) is 2.30. The summed E-state index contributed by atoms with van der Waals surface area (Å²) in [7, 11) is 0. The van der Waals surface area contributed by atoms with Crippen molar-refractivity contribution in [2.45, 2.75) is 58.0 Å². The minimum absolute atomic E-state index is 0.0447. The van der Waals surface area contributed by atoms with Crippen molar-refractivity contribution < 1.29 is 9.59 Å². The van der Waals surface area contributed by atoms with Crippen molar-refractivity contribution in [2.75, 3.05) is 13.1 Å². The summed E-state index contributed by atoms with van der Waals surface area (Å²) in [5.41, 5.74) is 0. The minimum atomic E-state index is 0.0447. The molecule has 2 aliphatic rings. The molecule has 1 saturated carbocycles. The molecule has 0 bridgehead atoms. The fraction of sp³-hybridized carbons (Fsp3) is 0.857. The van der Waals surface area contributed by atoms with Crippen LogP contribution in [0.1, 0.15) is 46.0 Å². The third-order valence-electron chi connectivity index (χ3n) is 4.06. The number of rotatable bonds is 4. The Kier molecular flexibility index (Phi) is 4.66. The predicted octanol–water partition coefficient (Wildman–Crippen LogP) is 1.49. The van der Waals surface area contributed by atoms with Crippen molar-refractivity contribution in [3.05, 3.63) is 0 Å². The molecular weight excluding hydrogens is 242 g/mol. The highest BCUT2D eigenvalue weighted by Crippen LogP contribution is 2.21. The number of amides is 3. The van der Waals surface area contributed by atoms with Crippen molar-refractivity contribution in [2.24, 2.45) is 5.92 Å². The highest BCUT2D eigenvalue weighted by molar-refractivity contribution is 5.80. The Labute approximate surface area is 115 Å². The highest BCUT2D eigenvalue weighted by atomic mass is 16.2. The number of nitrogens with zero attached hydrogens (tertiary/aromatic N) is 1. The Morgan fingerprint density at radius 1 is 1.21 bits per heavy atom. The number of hydrogen-bond acceptors (Lipinski definition) is 2. The fourth-order valence-electron chi connectivity index (χ4n) is 2.30. The first-order chi connectivity index (χ1) is 9.10. The zero-order valence-electron chi connectivity index (χ0n) is 11.9. The molecule has 1 saturated heterocycles. The molecule has 1 aliphatic carbocycles. The van der Waals surface area contributed by atoms with Crippen molar-refractivity contribution in [1.29, 1.82) is 0 Å². The van der Waals surface area contributed by atoms with E-state index in [0.717, 1.165) is 32.1 Å². The molecule has 5 heteroatoms. The quantitative estimate of drug-likeness (QED) is 0.810. The number of nitrogens with one attached hydrogen (secondary N) is 2. The summed E-state index contributed by atoms with van der Waals surface area (Å²) in [5.74, 6) is 0.218. The smallest absolute Gasteiger partial charge is 0.317 e. The summed E-state index contributed by atoms with van der Waals surface area (Å²) in [4.78, 5) is 25.7. The second-order valence-corrected chi connectivity index (χ2v) is 5.80. The van der Waals surface area contributed by atoms with Crippen LogP contribution >= 0.6 is 0 Å². The predicted molar refractivity (Wildman–Crippen MR) is 73.7 cm³/mol. The van der Waals surface area contributed by atoms with Crippen LogP contribution in [0.25, 0.3) is 0 Å². The van der Waals surface area contributed by atoms with E-state index in [4.69, 9.17) is 0 Å². The molecule has 0 spiro atoms. The van der Waals surface area contributed by atoms with Crippen LogP contribution in [0.5, 0.6) is 0 Å². The minimum Gasteiger partial charge on any atom is -0.353 e. The number of urea groups is 1. The first-order valence-electron chi connectivity index (χ1n) is 7.46. The van der Waals surface area contributed by atoms with Gasteiger partial charge in [0.1, 0.15) is 0 Å². The van der Waals surface area contributed by atoms with Gasteiger partial charge in [-0.1, -0.05) is 6.92 Å². The molecular formula is C14H25N3O2. The van der Waals surface area contributed by atoms with Gasteiger partial charge >= 0.3 is 6.03 Å². The van der Waals surface area contributed by atoms with Crippen LogP contribution in [0.4, 0.5) is 4.79 Å². The normalized spacial score (nSPS) is 21.9. The molecule has 108 valence electrons. The summed E-state index contributed by atoms with van der Waals surface area (Å²) in [6.07, 6.45) is 4.73. The summed E-state index contributed by atoms with van der Waals surface area (Å²) >= 11 is 0. The molecule has 1 aliphatic heterocycles. The van der Waals surface area contributed by atoms with Crippen LogP contribution in [-0.2, 0) is 4.79 Å². The summed E-state index contributed by atoms with van der Waals surface area (Å²) < 4.78 is 0. The van der Waals surface area contributed by atoms with Crippen LogP contribution in [0.3, 0.4) is 0 Å². The van der Waals surface area contributed by atoms with Gasteiger partial charge in [-0.15, -0.1) is 0 Å². The SMILES string of the molecule is CCC(C)NC(=O)C1CCN(C(=O)NC2CC2)CC1. The van der Waals surface area contributed by atoms with E-state index in [2.05, 4.69) is 17.6 Å². The standard InChI is InChI=1S/C14H25N3O2/c1-3-10(2)15-13(18)11-6-8-17(9-7-11)14(19)16-12-4-5-12/h10-12H,3-9H2,1-2H3,(H,15,18)(H,16,19). The zero-order chi connectivity index (χ0) is 13.8. The van der Waals surface area contributed by atoms with Crippen molar-refractivity contribution in [1.82, 2.24) is 15.5 Å². The Morgan fingerprint density at radius 3 is 2.37 bits per heavy atom. The van der Waals surface area contributed by atoms with Crippen molar-refractivity contribution >= 4 is 11.9 Å². The number of likely N-dealkylation sites (tertiary alicyclic amines) is 1. The molecule has 1 heterocycles. The molecule has 0 radical (unpaired) electrons. The Balaban J connectivity index is 1.71. The van der Waals surface area contributed by atoms with Crippen LogP contribution in [0.15, 0.2) is 0 Å². The highest BCUT2D eigenvalue weighted by Gasteiger charge is 2.30. The molecule has 2 N–H and O–H groups in total. The third kappa shape index (κ3) is 4.11. The summed E-state index contributed by atoms with van der Waals surface area (Å²) in [6.45, 7) is 5.47. The van der Waals surface area contributed by atoms with Crippen LogP contribution < -0.4 is 10.6 Å². The van der Waals surface area contributed by atoms with Gasteiger partial charge in [-0.25, -0.2) is 4.79 Å². The lowest BCUT2D eigenvalue weighted by Gasteiger charge is -2.31. The van der Waals surface area contributed by atoms with E-state index >= 15 is 0 Å². The van der Waals surface area contributed by atoms with Crippen molar-refractivity contribution in [3.8, 4) is 0 Å². The molecule has 2 rings (SSSR count). The summed E-state index contributed by atoms with van der Waals surface area (Å²) in [6, 6.07) is 0.686. The van der Waals surface area contributed by atoms with Crippen LogP contribution in [0.2, 0.25) is 0 Å². The van der Waals surface area contributed by atoms with E-state index in [-0.39, 0.29) is 23.9 Å². The van der Waals surface area contributed by atoms with Gasteiger partial charge in [0.15, 0.2) is 0 Å². The van der Waals surface area contributed by atoms with Gasteiger partial charge in [-0.05, 0) is 39.0 Å². The molecule has 2 fully saturated rings. The molecule has 1 atom stereocenters. The van der Waals surface area contributed by atoms with E-state index in [1.807, 2.05) is 11.8 Å². The number of carbonyl (C=O) groups excluding carboxylic acids is 2. The maximum Gasteiger partial charge on any atom is 0.317 e. The van der Waals surface area contributed by atoms with E-state index in [1.165, 1.54) is 0 Å². The average molecular weight is 267 g/mol. The molecule has 19 heavy (non-hydrogen) atoms. The molecule has 0 aromatic carbocycles. The Bertz CT molecular complexity index is 334. The molecule has 0 aromatic rings. The monoisotopic (exact) mass is 267 g/mol. The molecule has 3 amide bonds. The van der Waals surface area contributed by atoms with E-state index in [9.17, 15) is 9.59 Å². The lowest BCUT2D eigenvalue weighted by atomic mass is 9.95. The Hall–Kier alpha value is -1.26. The van der Waals surface area contributed by atoms with Gasteiger partial charge in [0.2, 0.25) is 5.91 Å². The van der Waals surface area contributed by atoms with E-state index in [1.54, 1.807) is 0 Å². The van der Waals surface area contributed by atoms with Crippen LogP contribution in [0, 0.1) is 5.92 Å². The van der Waals surface area contributed by atoms with Crippen molar-refractivity contribution in [3.63, 3.8) is 0 Å². The topological polar surface area (TPSA) is 61.4 Å². The lowest BCUT2D eigenvalue weighted by molar-refractivity contribution is -0.126. The maximum atomic E-state index is 12.0. The number of hydrogen-bond donors (Lipinski definition) is 2. The zero-order valence-corrected chi connectivity index (χ0v) is 11.9. The van der Waals surface area contributed by atoms with E-state index in [0.29, 0.717) is 19.1 Å². The number of carbonyl (C=O) groups is 2. The summed E-state index contributed by atoms with van der Waals surface area (Å²) in [5, 5.41) is 6.02. The van der Waals surface area contributed by atoms with Gasteiger partial charge in [0.25, 0.3) is 0 Å². The maximum absolute atomic E-state index is 12.0. The second-order valence-electron chi connectivity index (χ2n) is 5.80.